The number of benzene rings is 2. The third kappa shape index (κ3) is 3.80. The van der Waals surface area contributed by atoms with E-state index < -0.39 is 10.0 Å². The van der Waals surface area contributed by atoms with Crippen LogP contribution in [0, 0.1) is 5.92 Å². The second-order valence-electron chi connectivity index (χ2n) is 7.27. The van der Waals surface area contributed by atoms with Crippen LogP contribution < -0.4 is 5.32 Å². The van der Waals surface area contributed by atoms with Gasteiger partial charge in [-0.2, -0.15) is 8.42 Å². The van der Waals surface area contributed by atoms with Crippen LogP contribution >= 0.6 is 0 Å². The number of likely N-dealkylation sites (tertiary alicyclic amines) is 1. The van der Waals surface area contributed by atoms with Crippen LogP contribution in [0.5, 0.6) is 0 Å². The van der Waals surface area contributed by atoms with E-state index in [4.69, 9.17) is 0 Å². The lowest BCUT2D eigenvalue weighted by Crippen LogP contribution is -2.41. The zero-order valence-electron chi connectivity index (χ0n) is 16.0. The number of carbonyl (C=O) groups is 2. The molecule has 2 aliphatic heterocycles. The van der Waals surface area contributed by atoms with Crippen molar-refractivity contribution in [2.45, 2.75) is 24.7 Å². The van der Waals surface area contributed by atoms with Crippen molar-refractivity contribution in [3.63, 3.8) is 0 Å². The number of piperidine rings is 1. The Balaban J connectivity index is 1.40. The van der Waals surface area contributed by atoms with Gasteiger partial charge in [0.1, 0.15) is 4.90 Å². The van der Waals surface area contributed by atoms with Crippen molar-refractivity contribution in [3.05, 3.63) is 59.7 Å². The molecule has 0 saturated carbocycles. The van der Waals surface area contributed by atoms with Gasteiger partial charge in [-0.05, 0) is 56.2 Å². The van der Waals surface area contributed by atoms with Gasteiger partial charge in [-0.1, -0.05) is 12.1 Å². The minimum atomic E-state index is -3.64. The summed E-state index contributed by atoms with van der Waals surface area (Å²) in [5, 5.41) is 2.90. The van der Waals surface area contributed by atoms with Crippen molar-refractivity contribution in [1.29, 1.82) is 0 Å². The summed E-state index contributed by atoms with van der Waals surface area (Å²) in [5.41, 5.74) is 1.88. The predicted octanol–water partition coefficient (Wildman–Crippen LogP) is 2.69. The quantitative estimate of drug-likeness (QED) is 0.784. The van der Waals surface area contributed by atoms with Crippen molar-refractivity contribution in [2.75, 3.05) is 18.4 Å². The highest BCUT2D eigenvalue weighted by molar-refractivity contribution is 7.90. The fourth-order valence-electron chi connectivity index (χ4n) is 3.70. The van der Waals surface area contributed by atoms with Gasteiger partial charge in [0.15, 0.2) is 11.6 Å². The Kier molecular flexibility index (Phi) is 4.96. The summed E-state index contributed by atoms with van der Waals surface area (Å²) >= 11 is 0. The number of Topliss-reactive ketones (excluding diaryl/α,β-unsaturated/α-hetero) is 1. The number of ketones is 1. The molecule has 2 aromatic carbocycles. The van der Waals surface area contributed by atoms with Crippen LogP contribution in [0.15, 0.2) is 57.8 Å². The number of amidine groups is 1. The zero-order valence-corrected chi connectivity index (χ0v) is 16.8. The number of nitrogens with one attached hydrogen (secondary N) is 1. The minimum absolute atomic E-state index is 0.0198. The molecule has 0 radical (unpaired) electrons. The number of sulfonamides is 1. The molecule has 4 rings (SSSR count). The number of hydrogen-bond donors (Lipinski definition) is 1. The first-order valence-corrected chi connectivity index (χ1v) is 10.9. The number of amides is 1. The van der Waals surface area contributed by atoms with Crippen LogP contribution in [0.4, 0.5) is 5.69 Å². The molecule has 1 amide bonds. The van der Waals surface area contributed by atoms with Gasteiger partial charge in [0.05, 0.1) is 0 Å². The van der Waals surface area contributed by atoms with Gasteiger partial charge in [0.25, 0.3) is 10.0 Å². The summed E-state index contributed by atoms with van der Waals surface area (Å²) in [7, 11) is -3.64. The van der Waals surface area contributed by atoms with Gasteiger partial charge in [-0.3, -0.25) is 9.59 Å². The molecular formula is C21H21N3O4S. The third-order valence-corrected chi connectivity index (χ3v) is 6.66. The second-order valence-corrected chi connectivity index (χ2v) is 8.84. The lowest BCUT2D eigenvalue weighted by Gasteiger charge is -2.32. The van der Waals surface area contributed by atoms with Crippen LogP contribution in [-0.4, -0.2) is 43.9 Å². The summed E-state index contributed by atoms with van der Waals surface area (Å²) in [6.45, 7) is 2.62. The first kappa shape index (κ1) is 19.3. The first-order valence-electron chi connectivity index (χ1n) is 9.46. The molecule has 0 atom stereocenters. The number of hydrogen-bond acceptors (Lipinski definition) is 5. The molecule has 0 unspecified atom stereocenters. The lowest BCUT2D eigenvalue weighted by atomic mass is 9.95. The minimum Gasteiger partial charge on any atom is -0.355 e. The Hall–Kier alpha value is -3.00. The first-order chi connectivity index (χ1) is 13.8. The Morgan fingerprint density at radius 2 is 1.69 bits per heavy atom. The van der Waals surface area contributed by atoms with E-state index in [0.717, 1.165) is 0 Å². The lowest BCUT2D eigenvalue weighted by molar-refractivity contribution is -0.120. The van der Waals surface area contributed by atoms with E-state index in [2.05, 4.69) is 9.71 Å². The number of nitrogens with zero attached hydrogens (tertiary/aromatic N) is 2. The van der Waals surface area contributed by atoms with E-state index in [1.807, 2.05) is 4.90 Å². The Labute approximate surface area is 169 Å². The molecule has 0 bridgehead atoms. The molecule has 1 saturated heterocycles. The van der Waals surface area contributed by atoms with Crippen LogP contribution in [0.1, 0.15) is 35.7 Å². The van der Waals surface area contributed by atoms with E-state index in [1.165, 1.54) is 6.92 Å². The van der Waals surface area contributed by atoms with Gasteiger partial charge in [-0.15, -0.1) is 4.40 Å². The Morgan fingerprint density at radius 3 is 2.34 bits per heavy atom. The maximum absolute atomic E-state index is 12.6. The van der Waals surface area contributed by atoms with Crippen molar-refractivity contribution in [2.24, 2.45) is 10.3 Å². The molecule has 0 aromatic heterocycles. The number of carbonyl (C=O) groups excluding carboxylic acids is 2. The highest BCUT2D eigenvalue weighted by Gasteiger charge is 2.34. The molecule has 29 heavy (non-hydrogen) atoms. The largest absolute Gasteiger partial charge is 0.355 e. The number of rotatable bonds is 3. The molecule has 8 heteroatoms. The van der Waals surface area contributed by atoms with Crippen LogP contribution in [0.25, 0.3) is 0 Å². The SMILES string of the molecule is CC(=O)c1ccc(NC(=O)C2CCN(C3=NS(=O)(=O)c4ccccc43)CC2)cc1. The molecular weight excluding hydrogens is 390 g/mol. The third-order valence-electron chi connectivity index (χ3n) is 5.34. The highest BCUT2D eigenvalue weighted by atomic mass is 32.2. The van der Waals surface area contributed by atoms with Crippen molar-refractivity contribution < 1.29 is 18.0 Å². The van der Waals surface area contributed by atoms with Crippen molar-refractivity contribution >= 4 is 33.2 Å². The summed E-state index contributed by atoms with van der Waals surface area (Å²) < 4.78 is 28.5. The number of anilines is 1. The maximum atomic E-state index is 12.6. The van der Waals surface area contributed by atoms with Crippen molar-refractivity contribution in [1.82, 2.24) is 4.90 Å². The molecule has 0 aliphatic carbocycles. The van der Waals surface area contributed by atoms with Gasteiger partial charge in [0, 0.05) is 35.8 Å². The average molecular weight is 411 g/mol. The van der Waals surface area contributed by atoms with E-state index in [-0.39, 0.29) is 22.5 Å². The zero-order chi connectivity index (χ0) is 20.6. The van der Waals surface area contributed by atoms with Crippen molar-refractivity contribution in [3.8, 4) is 0 Å². The van der Waals surface area contributed by atoms with Crippen LogP contribution in [-0.2, 0) is 14.8 Å². The highest BCUT2D eigenvalue weighted by Crippen LogP contribution is 2.30. The second kappa shape index (κ2) is 7.44. The molecule has 1 fully saturated rings. The summed E-state index contributed by atoms with van der Waals surface area (Å²) in [6.07, 6.45) is 1.22. The molecule has 1 N–H and O–H groups in total. The predicted molar refractivity (Wildman–Crippen MR) is 110 cm³/mol. The van der Waals surface area contributed by atoms with E-state index in [1.54, 1.807) is 48.5 Å². The molecule has 150 valence electrons. The van der Waals surface area contributed by atoms with Gasteiger partial charge in [0.2, 0.25) is 5.91 Å². The summed E-state index contributed by atoms with van der Waals surface area (Å²) in [5.74, 6) is 0.224. The van der Waals surface area contributed by atoms with E-state index in [9.17, 15) is 18.0 Å². The molecule has 0 spiro atoms. The van der Waals surface area contributed by atoms with E-state index >= 15 is 0 Å². The molecule has 2 aliphatic rings. The smallest absolute Gasteiger partial charge is 0.285 e. The molecule has 2 heterocycles. The topological polar surface area (TPSA) is 95.9 Å². The normalized spacial score (nSPS) is 18.1. The standard InChI is InChI=1S/C21H21N3O4S/c1-14(25)15-6-8-17(9-7-15)22-21(26)16-10-12-24(13-11-16)20-18-4-2-3-5-19(18)29(27,28)23-20/h2-9,16H,10-13H2,1H3,(H,22,26). The van der Waals surface area contributed by atoms with Gasteiger partial charge < -0.3 is 10.2 Å². The van der Waals surface area contributed by atoms with Crippen LogP contribution in [0.2, 0.25) is 0 Å². The summed E-state index contributed by atoms with van der Waals surface area (Å²) in [6, 6.07) is 13.6. The molecule has 2 aromatic rings. The van der Waals surface area contributed by atoms with Gasteiger partial charge >= 0.3 is 0 Å². The maximum Gasteiger partial charge on any atom is 0.285 e. The Bertz CT molecular complexity index is 1100. The molecule has 7 nitrogen and oxygen atoms in total. The van der Waals surface area contributed by atoms with Gasteiger partial charge in [-0.25, -0.2) is 0 Å². The monoisotopic (exact) mass is 411 g/mol. The fraction of sp³-hybridized carbons (Fsp3) is 0.286. The summed E-state index contributed by atoms with van der Waals surface area (Å²) in [4.78, 5) is 26.1. The van der Waals surface area contributed by atoms with Crippen LogP contribution in [0.3, 0.4) is 0 Å². The fourth-order valence-corrected chi connectivity index (χ4v) is 4.93. The average Bonchev–Trinajstić information content (AvgIpc) is 3.00. The number of fused-ring (bicyclic) bond motifs is 1. The Morgan fingerprint density at radius 1 is 1.03 bits per heavy atom. The van der Waals surface area contributed by atoms with E-state index in [0.29, 0.717) is 48.6 Å².